The number of hydrogen-bond acceptors (Lipinski definition) is 8. The number of hydrogen-bond donors (Lipinski definition) is 3. The minimum Gasteiger partial charge on any atom is -0.492 e. The first-order valence-electron chi connectivity index (χ1n) is 12.1. The zero-order valence-corrected chi connectivity index (χ0v) is 22.1. The highest BCUT2D eigenvalue weighted by Gasteiger charge is 2.25. The summed E-state index contributed by atoms with van der Waals surface area (Å²) in [4.78, 5) is 28.7. The molecule has 4 N–H and O–H groups in total. The van der Waals surface area contributed by atoms with Crippen molar-refractivity contribution < 1.29 is 24.3 Å². The molecule has 0 bridgehead atoms. The highest BCUT2D eigenvalue weighted by Crippen LogP contribution is 2.35. The maximum atomic E-state index is 13.3. The summed E-state index contributed by atoms with van der Waals surface area (Å²) in [5, 5.41) is 17.4. The summed E-state index contributed by atoms with van der Waals surface area (Å²) in [6, 6.07) is 12.7. The molecule has 2 aromatic carbocycles. The van der Waals surface area contributed by atoms with Crippen LogP contribution in [0.2, 0.25) is 0 Å². The van der Waals surface area contributed by atoms with Crippen LogP contribution in [0.5, 0.6) is 5.75 Å². The van der Waals surface area contributed by atoms with Crippen LogP contribution in [-0.2, 0) is 14.9 Å². The smallest absolute Gasteiger partial charge is 0.278 e. The number of ether oxygens (including phenoxy) is 2. The molecule has 4 rings (SSSR count). The van der Waals surface area contributed by atoms with Gasteiger partial charge in [-0.25, -0.2) is 0 Å². The van der Waals surface area contributed by atoms with Crippen molar-refractivity contribution in [1.82, 2.24) is 4.90 Å². The average Bonchev–Trinajstić information content (AvgIpc) is 3.31. The second-order valence-corrected chi connectivity index (χ2v) is 10.9. The Morgan fingerprint density at radius 3 is 2.51 bits per heavy atom. The molecule has 0 spiro atoms. The van der Waals surface area contributed by atoms with Gasteiger partial charge in [-0.05, 0) is 29.0 Å². The zero-order valence-electron chi connectivity index (χ0n) is 21.2. The van der Waals surface area contributed by atoms with Crippen molar-refractivity contribution >= 4 is 45.3 Å². The molecule has 37 heavy (non-hydrogen) atoms. The van der Waals surface area contributed by atoms with E-state index < -0.39 is 11.8 Å². The van der Waals surface area contributed by atoms with Gasteiger partial charge in [0.25, 0.3) is 11.8 Å². The summed E-state index contributed by atoms with van der Waals surface area (Å²) >= 11 is 1.24. The van der Waals surface area contributed by atoms with E-state index in [9.17, 15) is 14.8 Å². The number of oxime groups is 1. The predicted octanol–water partition coefficient (Wildman–Crippen LogP) is 3.83. The Balaban J connectivity index is 1.58. The van der Waals surface area contributed by atoms with E-state index in [-0.39, 0.29) is 16.0 Å². The summed E-state index contributed by atoms with van der Waals surface area (Å²) < 4.78 is 11.5. The highest BCUT2D eigenvalue weighted by atomic mass is 32.1. The number of anilines is 1. The van der Waals surface area contributed by atoms with Gasteiger partial charge in [-0.3, -0.25) is 14.5 Å². The zero-order chi connectivity index (χ0) is 26.6. The third kappa shape index (κ3) is 6.10. The van der Waals surface area contributed by atoms with Crippen LogP contribution in [0.3, 0.4) is 0 Å². The fourth-order valence-electron chi connectivity index (χ4n) is 4.15. The van der Waals surface area contributed by atoms with E-state index in [2.05, 4.69) is 15.4 Å². The number of primary amides is 1. The van der Waals surface area contributed by atoms with Gasteiger partial charge >= 0.3 is 0 Å². The summed E-state index contributed by atoms with van der Waals surface area (Å²) in [6.07, 6.45) is 0. The van der Waals surface area contributed by atoms with Crippen molar-refractivity contribution in [1.29, 1.82) is 0 Å². The Morgan fingerprint density at radius 1 is 1.16 bits per heavy atom. The Labute approximate surface area is 219 Å². The SMILES string of the molecule is CC(C)(C)c1cc(NC(=O)/C(=N\O)c2ccc(OCCN3CCOCC3)c3ccccc23)c(C(N)=O)s1. The molecule has 196 valence electrons. The number of nitrogens with one attached hydrogen (secondary N) is 1. The summed E-state index contributed by atoms with van der Waals surface area (Å²) in [5.74, 6) is -0.620. The van der Waals surface area contributed by atoms with E-state index in [0.717, 1.165) is 43.1 Å². The first-order valence-corrected chi connectivity index (χ1v) is 12.9. The Morgan fingerprint density at radius 2 is 1.86 bits per heavy atom. The molecule has 0 aliphatic carbocycles. The third-order valence-corrected chi connectivity index (χ3v) is 7.74. The molecule has 1 aromatic heterocycles. The summed E-state index contributed by atoms with van der Waals surface area (Å²) in [6.45, 7) is 10.5. The molecular weight excluding hydrogens is 492 g/mol. The fourth-order valence-corrected chi connectivity index (χ4v) is 5.18. The number of nitrogens with two attached hydrogens (primary N) is 1. The van der Waals surface area contributed by atoms with Crippen LogP contribution in [0, 0.1) is 0 Å². The number of amides is 2. The minimum absolute atomic E-state index is 0.185. The van der Waals surface area contributed by atoms with Gasteiger partial charge in [-0.1, -0.05) is 50.2 Å². The molecule has 1 aliphatic rings. The van der Waals surface area contributed by atoms with Gasteiger partial charge in [0.15, 0.2) is 5.71 Å². The van der Waals surface area contributed by atoms with Crippen molar-refractivity contribution in [2.24, 2.45) is 10.9 Å². The highest BCUT2D eigenvalue weighted by molar-refractivity contribution is 7.14. The van der Waals surface area contributed by atoms with Crippen molar-refractivity contribution in [2.45, 2.75) is 26.2 Å². The number of morpholine rings is 1. The number of benzene rings is 2. The largest absolute Gasteiger partial charge is 0.492 e. The molecular formula is C27H32N4O5S. The van der Waals surface area contributed by atoms with Gasteiger partial charge in [0.2, 0.25) is 0 Å². The van der Waals surface area contributed by atoms with Crippen molar-refractivity contribution in [3.05, 3.63) is 57.8 Å². The van der Waals surface area contributed by atoms with E-state index in [1.165, 1.54) is 11.3 Å². The molecule has 2 heterocycles. The molecule has 2 amide bonds. The van der Waals surface area contributed by atoms with Crippen LogP contribution in [-0.4, -0.2) is 67.1 Å². The minimum atomic E-state index is -0.658. The molecule has 3 aromatic rings. The van der Waals surface area contributed by atoms with E-state index in [4.69, 9.17) is 15.2 Å². The van der Waals surface area contributed by atoms with Crippen molar-refractivity contribution in [2.75, 3.05) is 44.8 Å². The molecule has 1 aliphatic heterocycles. The second-order valence-electron chi connectivity index (χ2n) is 9.83. The molecule has 0 unspecified atom stereocenters. The number of thiophene rings is 1. The van der Waals surface area contributed by atoms with Crippen LogP contribution < -0.4 is 15.8 Å². The third-order valence-electron chi connectivity index (χ3n) is 6.17. The summed E-state index contributed by atoms with van der Waals surface area (Å²) in [5.41, 5.74) is 5.87. The first kappa shape index (κ1) is 26.6. The molecule has 0 radical (unpaired) electrons. The quantitative estimate of drug-likeness (QED) is 0.234. The Bertz CT molecular complexity index is 1320. The first-order chi connectivity index (χ1) is 17.7. The lowest BCUT2D eigenvalue weighted by Gasteiger charge is -2.26. The van der Waals surface area contributed by atoms with E-state index in [1.807, 2.05) is 45.0 Å². The van der Waals surface area contributed by atoms with Crippen molar-refractivity contribution in [3.8, 4) is 5.75 Å². The van der Waals surface area contributed by atoms with Gasteiger partial charge in [-0.15, -0.1) is 11.3 Å². The number of carbonyl (C=O) groups is 2. The second kappa shape index (κ2) is 11.3. The van der Waals surface area contributed by atoms with Gasteiger partial charge in [0.1, 0.15) is 17.2 Å². The summed E-state index contributed by atoms with van der Waals surface area (Å²) in [7, 11) is 0. The predicted molar refractivity (Wildman–Crippen MR) is 145 cm³/mol. The van der Waals surface area contributed by atoms with E-state index in [0.29, 0.717) is 29.0 Å². The molecule has 0 saturated carbocycles. The van der Waals surface area contributed by atoms with E-state index in [1.54, 1.807) is 18.2 Å². The van der Waals surface area contributed by atoms with Crippen LogP contribution in [0.4, 0.5) is 5.69 Å². The molecule has 1 fully saturated rings. The number of fused-ring (bicyclic) bond motifs is 1. The molecule has 0 atom stereocenters. The number of nitrogens with zero attached hydrogens (tertiary/aromatic N) is 2. The van der Waals surface area contributed by atoms with Gasteiger partial charge in [0.05, 0.1) is 18.9 Å². The standard InChI is InChI=1S/C27H32N4O5S/c1-27(2,3)22-16-20(24(37-22)25(28)32)29-26(33)23(30-34)19-8-9-21(18-7-5-4-6-17(18)19)36-15-12-31-10-13-35-14-11-31/h4-9,16,34H,10-15H2,1-3H3,(H2,28,32)(H,29,33)/b30-23-. The lowest BCUT2D eigenvalue weighted by atomic mass is 9.94. The monoisotopic (exact) mass is 524 g/mol. The van der Waals surface area contributed by atoms with Crippen LogP contribution in [0.25, 0.3) is 10.8 Å². The maximum absolute atomic E-state index is 13.3. The number of carbonyl (C=O) groups excluding carboxylic acids is 2. The van der Waals surface area contributed by atoms with Gasteiger partial charge in [0, 0.05) is 35.5 Å². The lowest BCUT2D eigenvalue weighted by Crippen LogP contribution is -2.38. The van der Waals surface area contributed by atoms with Crippen LogP contribution in [0.15, 0.2) is 47.6 Å². The molecule has 10 heteroatoms. The van der Waals surface area contributed by atoms with Crippen molar-refractivity contribution in [3.63, 3.8) is 0 Å². The van der Waals surface area contributed by atoms with E-state index >= 15 is 0 Å². The number of rotatable bonds is 8. The Kier molecular flexibility index (Phi) is 8.11. The maximum Gasteiger partial charge on any atom is 0.278 e. The topological polar surface area (TPSA) is 126 Å². The lowest BCUT2D eigenvalue weighted by molar-refractivity contribution is -0.110. The molecule has 9 nitrogen and oxygen atoms in total. The Hall–Kier alpha value is -3.47. The van der Waals surface area contributed by atoms with Crippen LogP contribution in [0.1, 0.15) is 40.9 Å². The van der Waals surface area contributed by atoms with Crippen LogP contribution >= 0.6 is 11.3 Å². The fraction of sp³-hybridized carbons (Fsp3) is 0.370. The molecule has 1 saturated heterocycles. The van der Waals surface area contributed by atoms with Gasteiger partial charge < -0.3 is 25.7 Å². The normalized spacial score (nSPS) is 15.1. The van der Waals surface area contributed by atoms with Gasteiger partial charge in [-0.2, -0.15) is 0 Å². The average molecular weight is 525 g/mol.